The maximum absolute atomic E-state index is 11.1. The van der Waals surface area contributed by atoms with Crippen LogP contribution in [0.1, 0.15) is 125 Å². The Morgan fingerprint density at radius 1 is 0.489 bits per heavy atom. The van der Waals surface area contributed by atoms with Crippen LogP contribution >= 0.6 is 0 Å². The molecule has 1 heterocycles. The van der Waals surface area contributed by atoms with E-state index in [1.165, 1.54) is 0 Å². The van der Waals surface area contributed by atoms with E-state index in [0.717, 1.165) is 0 Å². The van der Waals surface area contributed by atoms with Crippen molar-refractivity contribution in [2.24, 2.45) is 0 Å². The van der Waals surface area contributed by atoms with Crippen molar-refractivity contribution >= 4 is 33.0 Å². The van der Waals surface area contributed by atoms with Gasteiger partial charge in [-0.1, -0.05) is 150 Å². The summed E-state index contributed by atoms with van der Waals surface area (Å²) in [6, 6.07) is 0. The SMILES string of the molecule is CC(C)[Si](O[C@H]1[C@H](O[Si](C(C)C)(C(C)C)C(C)C)[C@@H](C#C[Si](C)(C)C)O[C@H](CO)[C@H]1O[Si](C(C)C)(C(C)C)C(C)C)(C(C)C)C(C)C. The van der Waals surface area contributed by atoms with E-state index in [4.69, 9.17) is 18.0 Å². The van der Waals surface area contributed by atoms with E-state index < -0.39 is 63.5 Å². The Balaban J connectivity index is 4.39. The first kappa shape index (κ1) is 45.2. The highest BCUT2D eigenvalue weighted by molar-refractivity contribution is 6.84. The molecule has 1 fully saturated rings. The van der Waals surface area contributed by atoms with Gasteiger partial charge in [-0.15, -0.1) is 5.54 Å². The number of ether oxygens (including phenoxy) is 1. The summed E-state index contributed by atoms with van der Waals surface area (Å²) in [4.78, 5) is 0. The molecule has 278 valence electrons. The maximum atomic E-state index is 11.1. The summed E-state index contributed by atoms with van der Waals surface area (Å²) in [6.07, 6.45) is -2.30. The molecule has 1 aliphatic rings. The van der Waals surface area contributed by atoms with Crippen LogP contribution in [0.4, 0.5) is 0 Å². The van der Waals surface area contributed by atoms with Crippen molar-refractivity contribution < 1.29 is 23.1 Å². The van der Waals surface area contributed by atoms with Crippen LogP contribution in [0.15, 0.2) is 0 Å². The summed E-state index contributed by atoms with van der Waals surface area (Å²) in [5.74, 6) is 3.64. The first-order valence-corrected chi connectivity index (χ1v) is 29.0. The van der Waals surface area contributed by atoms with Crippen LogP contribution in [0.3, 0.4) is 0 Å². The second-order valence-electron chi connectivity index (χ2n) is 18.5. The summed E-state index contributed by atoms with van der Waals surface area (Å²) in [5.41, 5.74) is 7.11. The van der Waals surface area contributed by atoms with Gasteiger partial charge in [-0.25, -0.2) is 0 Å². The van der Waals surface area contributed by atoms with Crippen molar-refractivity contribution in [2.45, 2.75) is 225 Å². The average molecular weight is 729 g/mol. The maximum Gasteiger partial charge on any atom is 0.201 e. The fraction of sp³-hybridized carbons (Fsp3) is 0.947. The van der Waals surface area contributed by atoms with Crippen LogP contribution in [0, 0.1) is 11.5 Å². The van der Waals surface area contributed by atoms with Crippen LogP contribution in [-0.4, -0.2) is 75.3 Å². The minimum atomic E-state index is -2.45. The second kappa shape index (κ2) is 17.6. The highest BCUT2D eigenvalue weighted by Gasteiger charge is 2.59. The standard InChI is InChI=1S/C38H80O5Si4/c1-25(2)45(26(3)4,27(5)6)41-36-34(22-23-44(19,20)21)40-35(24-39)37(42-46(28(7)8,29(9)10)30(11)12)38(36)43-47(31(13)14,32(15)16)33(17)18/h25-39H,24H2,1-21H3/t34-,35-,36-,37-,38+/m1/s1. The molecule has 0 spiro atoms. The predicted molar refractivity (Wildman–Crippen MR) is 215 cm³/mol. The molecule has 0 aromatic rings. The molecule has 9 heteroatoms. The molecular formula is C38H80O5Si4. The highest BCUT2D eigenvalue weighted by Crippen LogP contribution is 2.50. The smallest absolute Gasteiger partial charge is 0.201 e. The molecule has 1 saturated heterocycles. The molecule has 1 aliphatic heterocycles. The zero-order valence-corrected chi connectivity index (χ0v) is 38.9. The van der Waals surface area contributed by atoms with Gasteiger partial charge >= 0.3 is 0 Å². The molecule has 0 saturated carbocycles. The van der Waals surface area contributed by atoms with Crippen LogP contribution in [0.5, 0.6) is 0 Å². The van der Waals surface area contributed by atoms with Gasteiger partial charge in [-0.05, 0) is 49.9 Å². The van der Waals surface area contributed by atoms with E-state index in [-0.39, 0.29) is 6.61 Å². The molecule has 0 bridgehead atoms. The third kappa shape index (κ3) is 9.57. The summed E-state index contributed by atoms with van der Waals surface area (Å²) < 4.78 is 30.5. The number of rotatable bonds is 16. The first-order chi connectivity index (χ1) is 21.3. The third-order valence-electron chi connectivity index (χ3n) is 11.5. The van der Waals surface area contributed by atoms with Gasteiger partial charge < -0.3 is 23.1 Å². The lowest BCUT2D eigenvalue weighted by atomic mass is 9.95. The highest BCUT2D eigenvalue weighted by atomic mass is 28.4. The number of aliphatic hydroxyl groups is 1. The first-order valence-electron chi connectivity index (χ1n) is 19.1. The quantitative estimate of drug-likeness (QED) is 0.127. The molecule has 0 aromatic carbocycles. The van der Waals surface area contributed by atoms with Gasteiger partial charge in [0.2, 0.25) is 25.0 Å². The van der Waals surface area contributed by atoms with Crippen LogP contribution in [-0.2, 0) is 18.0 Å². The van der Waals surface area contributed by atoms with Crippen molar-refractivity contribution in [3.8, 4) is 11.5 Å². The lowest BCUT2D eigenvalue weighted by molar-refractivity contribution is -0.203. The van der Waals surface area contributed by atoms with Gasteiger partial charge in [0, 0.05) is 0 Å². The van der Waals surface area contributed by atoms with Crippen LogP contribution in [0.2, 0.25) is 69.5 Å². The van der Waals surface area contributed by atoms with E-state index in [2.05, 4.69) is 156 Å². The Kier molecular flexibility index (Phi) is 17.0. The molecule has 0 amide bonds. The minimum Gasteiger partial charge on any atom is -0.408 e. The Bertz CT molecular complexity index is 940. The fourth-order valence-electron chi connectivity index (χ4n) is 9.80. The van der Waals surface area contributed by atoms with Crippen molar-refractivity contribution in [1.82, 2.24) is 0 Å². The van der Waals surface area contributed by atoms with E-state index in [9.17, 15) is 5.11 Å². The summed E-state index contributed by atoms with van der Waals surface area (Å²) in [7, 11) is -9.05. The van der Waals surface area contributed by atoms with E-state index in [0.29, 0.717) is 49.9 Å². The van der Waals surface area contributed by atoms with E-state index in [1.807, 2.05) is 0 Å². The van der Waals surface area contributed by atoms with Crippen molar-refractivity contribution in [1.29, 1.82) is 0 Å². The molecule has 0 unspecified atom stereocenters. The van der Waals surface area contributed by atoms with Crippen LogP contribution < -0.4 is 0 Å². The molecule has 47 heavy (non-hydrogen) atoms. The molecule has 1 N–H and O–H groups in total. The topological polar surface area (TPSA) is 57.2 Å². The van der Waals surface area contributed by atoms with Crippen LogP contribution in [0.25, 0.3) is 0 Å². The number of aliphatic hydroxyl groups excluding tert-OH is 1. The van der Waals surface area contributed by atoms with Gasteiger partial charge in [-0.3, -0.25) is 0 Å². The van der Waals surface area contributed by atoms with Gasteiger partial charge in [0.05, 0.1) is 6.61 Å². The van der Waals surface area contributed by atoms with Crippen molar-refractivity contribution in [2.75, 3.05) is 6.61 Å². The molecule has 0 radical (unpaired) electrons. The Morgan fingerprint density at radius 2 is 0.766 bits per heavy atom. The molecule has 1 rings (SSSR count). The lowest BCUT2D eigenvalue weighted by Gasteiger charge is -2.56. The lowest BCUT2D eigenvalue weighted by Crippen LogP contribution is -2.69. The average Bonchev–Trinajstić information content (AvgIpc) is 2.90. The Labute approximate surface area is 297 Å². The Hall–Kier alpha value is 0.228. The fourth-order valence-corrected chi connectivity index (χ4v) is 27.1. The summed E-state index contributed by atoms with van der Waals surface area (Å²) in [5, 5.41) is 11.1. The second-order valence-corrected chi connectivity index (χ2v) is 39.5. The van der Waals surface area contributed by atoms with Gasteiger partial charge in [0.15, 0.2) is 0 Å². The monoisotopic (exact) mass is 729 g/mol. The van der Waals surface area contributed by atoms with Gasteiger partial charge in [0.25, 0.3) is 0 Å². The zero-order valence-electron chi connectivity index (χ0n) is 34.9. The third-order valence-corrected chi connectivity index (χ3v) is 30.7. The molecule has 5 nitrogen and oxygen atoms in total. The van der Waals surface area contributed by atoms with Crippen molar-refractivity contribution in [3.05, 3.63) is 0 Å². The summed E-state index contributed by atoms with van der Waals surface area (Å²) >= 11 is 0. The molecule has 0 aliphatic carbocycles. The van der Waals surface area contributed by atoms with Crippen molar-refractivity contribution in [3.63, 3.8) is 0 Å². The van der Waals surface area contributed by atoms with Gasteiger partial charge in [-0.2, -0.15) is 0 Å². The Morgan fingerprint density at radius 3 is 1.02 bits per heavy atom. The van der Waals surface area contributed by atoms with E-state index in [1.54, 1.807) is 0 Å². The molecule has 5 atom stereocenters. The van der Waals surface area contributed by atoms with E-state index >= 15 is 0 Å². The number of hydrogen-bond donors (Lipinski definition) is 1. The largest absolute Gasteiger partial charge is 0.408 e. The normalized spacial score (nSPS) is 23.9. The minimum absolute atomic E-state index is 0.137. The predicted octanol–water partition coefficient (Wildman–Crippen LogP) is 11.3. The summed E-state index contributed by atoms with van der Waals surface area (Å²) in [6.45, 7) is 48.9. The molecular weight excluding hydrogens is 649 g/mol. The zero-order chi connectivity index (χ0) is 37.0. The molecule has 0 aromatic heterocycles. The number of hydrogen-bond acceptors (Lipinski definition) is 5. The van der Waals surface area contributed by atoms with Gasteiger partial charge in [0.1, 0.15) is 38.6 Å².